The molecule has 1 aromatic heterocycles. The summed E-state index contributed by atoms with van der Waals surface area (Å²) >= 11 is 0. The molecule has 0 radical (unpaired) electrons. The number of rotatable bonds is 9. The van der Waals surface area contributed by atoms with Gasteiger partial charge in [0.2, 0.25) is 5.91 Å². The number of ether oxygens (including phenoxy) is 1. The Balaban J connectivity index is 1.43. The Labute approximate surface area is 214 Å². The third-order valence-electron chi connectivity index (χ3n) is 5.52. The average molecular weight is 495 g/mol. The van der Waals surface area contributed by atoms with Crippen LogP contribution in [-0.2, 0) is 20.9 Å². The number of nitrogens with one attached hydrogen (secondary N) is 1. The second-order valence-corrected chi connectivity index (χ2v) is 8.33. The van der Waals surface area contributed by atoms with Crippen LogP contribution in [0.15, 0.2) is 97.2 Å². The summed E-state index contributed by atoms with van der Waals surface area (Å²) in [5, 5.41) is 7.37. The Morgan fingerprint density at radius 2 is 1.62 bits per heavy atom. The predicted molar refractivity (Wildman–Crippen MR) is 141 cm³/mol. The van der Waals surface area contributed by atoms with E-state index in [1.54, 1.807) is 18.2 Å². The molecular formula is C29H26N4O4. The Kier molecular flexibility index (Phi) is 7.90. The van der Waals surface area contributed by atoms with E-state index < -0.39 is 23.9 Å². The molecule has 37 heavy (non-hydrogen) atoms. The molecule has 0 aliphatic rings. The van der Waals surface area contributed by atoms with Crippen molar-refractivity contribution < 1.29 is 19.1 Å². The van der Waals surface area contributed by atoms with E-state index in [1.165, 1.54) is 25.1 Å². The number of nitrogens with two attached hydrogens (primary N) is 1. The van der Waals surface area contributed by atoms with Gasteiger partial charge in [-0.3, -0.25) is 14.3 Å². The molecule has 0 aliphatic heterocycles. The first kappa shape index (κ1) is 25.1. The number of aromatic nitrogens is 2. The number of esters is 1. The summed E-state index contributed by atoms with van der Waals surface area (Å²) in [5.74, 6) is -1.73. The van der Waals surface area contributed by atoms with Crippen molar-refractivity contribution >= 4 is 29.5 Å². The van der Waals surface area contributed by atoms with E-state index in [1.807, 2.05) is 71.5 Å². The largest absolute Gasteiger partial charge is 0.449 e. The van der Waals surface area contributed by atoms with E-state index in [9.17, 15) is 14.4 Å². The van der Waals surface area contributed by atoms with Gasteiger partial charge in [-0.1, -0.05) is 60.7 Å². The summed E-state index contributed by atoms with van der Waals surface area (Å²) in [7, 11) is 0. The Hall–Kier alpha value is -4.98. The summed E-state index contributed by atoms with van der Waals surface area (Å²) in [5.41, 5.74) is 9.48. The zero-order chi connectivity index (χ0) is 26.2. The highest BCUT2D eigenvalue weighted by molar-refractivity contribution is 5.98. The van der Waals surface area contributed by atoms with E-state index in [-0.39, 0.29) is 0 Å². The molecule has 186 valence electrons. The van der Waals surface area contributed by atoms with Crippen LogP contribution in [0.4, 0.5) is 5.69 Å². The number of hydrogen-bond acceptors (Lipinski definition) is 5. The van der Waals surface area contributed by atoms with Crippen LogP contribution in [-0.4, -0.2) is 33.7 Å². The van der Waals surface area contributed by atoms with Gasteiger partial charge in [-0.05, 0) is 42.8 Å². The van der Waals surface area contributed by atoms with Crippen molar-refractivity contribution in [1.29, 1.82) is 0 Å². The fraction of sp³-hybridized carbons (Fsp3) is 0.103. The van der Waals surface area contributed by atoms with Gasteiger partial charge in [-0.15, -0.1) is 0 Å². The van der Waals surface area contributed by atoms with Gasteiger partial charge in [0, 0.05) is 34.7 Å². The van der Waals surface area contributed by atoms with Crippen LogP contribution in [0.3, 0.4) is 0 Å². The highest BCUT2D eigenvalue weighted by atomic mass is 16.5. The van der Waals surface area contributed by atoms with Crippen LogP contribution < -0.4 is 11.1 Å². The monoisotopic (exact) mass is 494 g/mol. The Morgan fingerprint density at radius 3 is 2.27 bits per heavy atom. The number of nitrogens with zero attached hydrogens (tertiary/aromatic N) is 2. The molecular weight excluding hydrogens is 468 g/mol. The molecule has 0 aliphatic carbocycles. The molecule has 1 unspecified atom stereocenters. The molecule has 0 bridgehead atoms. The van der Waals surface area contributed by atoms with Crippen LogP contribution in [0.25, 0.3) is 17.3 Å². The Morgan fingerprint density at radius 1 is 0.973 bits per heavy atom. The van der Waals surface area contributed by atoms with Crippen molar-refractivity contribution in [2.24, 2.45) is 5.73 Å². The smallest absolute Gasteiger partial charge is 0.331 e. The molecule has 0 fully saturated rings. The number of carbonyl (C=O) groups is 3. The van der Waals surface area contributed by atoms with Crippen LogP contribution in [0, 0.1) is 0 Å². The number of hydrogen-bond donors (Lipinski definition) is 2. The van der Waals surface area contributed by atoms with Crippen LogP contribution >= 0.6 is 0 Å². The Bertz CT molecular complexity index is 1410. The second kappa shape index (κ2) is 11.6. The predicted octanol–water partition coefficient (Wildman–Crippen LogP) is 4.28. The van der Waals surface area contributed by atoms with Gasteiger partial charge in [-0.25, -0.2) is 4.79 Å². The SMILES string of the molecule is CC(OC(=O)/C=C/c1cn(Cc2ccccc2)nc1-c1ccccc1)C(=O)Nc1ccc(C(N)=O)cc1. The third-order valence-corrected chi connectivity index (χ3v) is 5.52. The van der Waals surface area contributed by atoms with E-state index in [4.69, 9.17) is 15.6 Å². The maximum absolute atomic E-state index is 12.5. The summed E-state index contributed by atoms with van der Waals surface area (Å²) in [6, 6.07) is 25.7. The van der Waals surface area contributed by atoms with Crippen LogP contribution in [0.1, 0.15) is 28.4 Å². The lowest BCUT2D eigenvalue weighted by molar-refractivity contribution is -0.148. The second-order valence-electron chi connectivity index (χ2n) is 8.33. The first-order valence-corrected chi connectivity index (χ1v) is 11.7. The van der Waals surface area contributed by atoms with Gasteiger partial charge in [0.25, 0.3) is 5.91 Å². The van der Waals surface area contributed by atoms with Crippen molar-refractivity contribution in [2.75, 3.05) is 5.32 Å². The zero-order valence-electron chi connectivity index (χ0n) is 20.2. The summed E-state index contributed by atoms with van der Waals surface area (Å²) in [4.78, 5) is 36.1. The number of primary amides is 1. The van der Waals surface area contributed by atoms with Gasteiger partial charge < -0.3 is 15.8 Å². The molecule has 4 aromatic rings. The lowest BCUT2D eigenvalue weighted by Crippen LogP contribution is -2.29. The van der Waals surface area contributed by atoms with Crippen LogP contribution in [0.2, 0.25) is 0 Å². The lowest BCUT2D eigenvalue weighted by atomic mass is 10.1. The zero-order valence-corrected chi connectivity index (χ0v) is 20.2. The minimum atomic E-state index is -1.04. The normalized spacial score (nSPS) is 11.7. The third kappa shape index (κ3) is 6.79. The van der Waals surface area contributed by atoms with Crippen molar-refractivity contribution in [3.63, 3.8) is 0 Å². The maximum Gasteiger partial charge on any atom is 0.331 e. The molecule has 0 spiro atoms. The average Bonchev–Trinajstić information content (AvgIpc) is 3.31. The molecule has 1 heterocycles. The fourth-order valence-corrected chi connectivity index (χ4v) is 3.62. The summed E-state index contributed by atoms with van der Waals surface area (Å²) in [6.45, 7) is 2.06. The molecule has 0 saturated heterocycles. The quantitative estimate of drug-likeness (QED) is 0.266. The van der Waals surface area contributed by atoms with E-state index >= 15 is 0 Å². The first-order chi connectivity index (χ1) is 17.9. The van der Waals surface area contributed by atoms with Gasteiger partial charge in [0.1, 0.15) is 0 Å². The minimum Gasteiger partial charge on any atom is -0.449 e. The molecule has 3 aromatic carbocycles. The van der Waals surface area contributed by atoms with Gasteiger partial charge in [-0.2, -0.15) is 5.10 Å². The molecule has 3 N–H and O–H groups in total. The fourth-order valence-electron chi connectivity index (χ4n) is 3.62. The number of benzene rings is 3. The van der Waals surface area contributed by atoms with Crippen molar-refractivity contribution in [3.05, 3.63) is 114 Å². The van der Waals surface area contributed by atoms with E-state index in [0.29, 0.717) is 17.8 Å². The van der Waals surface area contributed by atoms with Gasteiger partial charge in [0.15, 0.2) is 6.10 Å². The molecule has 4 rings (SSSR count). The molecule has 0 saturated carbocycles. The maximum atomic E-state index is 12.5. The lowest BCUT2D eigenvalue weighted by Gasteiger charge is -2.12. The standard InChI is InChI=1S/C29H26N4O4/c1-20(29(36)31-25-15-12-23(13-16-25)28(30)35)37-26(34)17-14-24-19-33(18-21-8-4-2-5-9-21)32-27(24)22-10-6-3-7-11-22/h2-17,19-20H,18H2,1H3,(H2,30,35)(H,31,36)/b17-14+. The molecule has 1 atom stereocenters. The minimum absolute atomic E-state index is 0.324. The van der Waals surface area contributed by atoms with E-state index in [2.05, 4.69) is 5.32 Å². The summed E-state index contributed by atoms with van der Waals surface area (Å²) < 4.78 is 7.10. The molecule has 8 heteroatoms. The van der Waals surface area contributed by atoms with Gasteiger partial charge in [0.05, 0.1) is 12.2 Å². The van der Waals surface area contributed by atoms with Crippen molar-refractivity contribution in [2.45, 2.75) is 19.6 Å². The topological polar surface area (TPSA) is 116 Å². The molecule has 2 amide bonds. The van der Waals surface area contributed by atoms with E-state index in [0.717, 1.165) is 22.4 Å². The first-order valence-electron chi connectivity index (χ1n) is 11.7. The van der Waals surface area contributed by atoms with Crippen molar-refractivity contribution in [3.8, 4) is 11.3 Å². The highest BCUT2D eigenvalue weighted by Crippen LogP contribution is 2.23. The summed E-state index contributed by atoms with van der Waals surface area (Å²) in [6.07, 6.45) is 3.74. The van der Waals surface area contributed by atoms with Gasteiger partial charge >= 0.3 is 5.97 Å². The number of amides is 2. The number of anilines is 1. The molecule has 8 nitrogen and oxygen atoms in total. The number of carbonyl (C=O) groups excluding carboxylic acids is 3. The highest BCUT2D eigenvalue weighted by Gasteiger charge is 2.17. The van der Waals surface area contributed by atoms with Crippen LogP contribution in [0.5, 0.6) is 0 Å². The van der Waals surface area contributed by atoms with Crippen molar-refractivity contribution in [1.82, 2.24) is 9.78 Å².